The molecule has 1 amide bonds. The highest BCUT2D eigenvalue weighted by Gasteiger charge is 2.11. The maximum atomic E-state index is 11.8. The predicted molar refractivity (Wildman–Crippen MR) is 83.2 cm³/mol. The second-order valence-corrected chi connectivity index (χ2v) is 5.87. The van der Waals surface area contributed by atoms with Crippen LogP contribution in [0, 0.1) is 0 Å². The summed E-state index contributed by atoms with van der Waals surface area (Å²) >= 11 is 5.61. The fourth-order valence-electron chi connectivity index (χ4n) is 1.97. The molecule has 0 atom stereocenters. The van der Waals surface area contributed by atoms with Crippen molar-refractivity contribution >= 4 is 23.2 Å². The van der Waals surface area contributed by atoms with Crippen LogP contribution < -0.4 is 5.32 Å². The van der Waals surface area contributed by atoms with Crippen LogP contribution in [0.1, 0.15) is 63.5 Å². The molecule has 106 valence electrons. The zero-order chi connectivity index (χ0) is 14.4. The smallest absolute Gasteiger partial charge is 0.224 e. The summed E-state index contributed by atoms with van der Waals surface area (Å²) in [7, 11) is 0. The second kappa shape index (κ2) is 7.54. The van der Waals surface area contributed by atoms with E-state index < -0.39 is 0 Å². The zero-order valence-corrected chi connectivity index (χ0v) is 13.1. The van der Waals surface area contributed by atoms with Gasteiger partial charge in [-0.2, -0.15) is 0 Å². The second-order valence-electron chi connectivity index (χ2n) is 5.50. The van der Waals surface area contributed by atoms with Crippen LogP contribution in [-0.2, 0) is 4.79 Å². The Kier molecular flexibility index (Phi) is 6.36. The summed E-state index contributed by atoms with van der Waals surface area (Å²) in [4.78, 5) is 11.8. The Bertz CT molecular complexity index is 427. The van der Waals surface area contributed by atoms with Crippen molar-refractivity contribution in [3.63, 3.8) is 0 Å². The van der Waals surface area contributed by atoms with Crippen LogP contribution in [0.15, 0.2) is 18.2 Å². The standard InChI is InChI=1S/C16H24ClNO/c1-11(2)13-7-8-15(14(10-13)12(3)4)18-16(19)6-5-9-17/h7-8,10-12H,5-6,9H2,1-4H3,(H,18,19). The van der Waals surface area contributed by atoms with Gasteiger partial charge in [0.15, 0.2) is 0 Å². The SMILES string of the molecule is CC(C)c1ccc(NC(=O)CCCCl)c(C(C)C)c1. The number of nitrogens with one attached hydrogen (secondary N) is 1. The Morgan fingerprint density at radius 1 is 1.21 bits per heavy atom. The minimum absolute atomic E-state index is 0.0415. The minimum Gasteiger partial charge on any atom is -0.326 e. The molecule has 1 aromatic carbocycles. The largest absolute Gasteiger partial charge is 0.326 e. The molecular weight excluding hydrogens is 258 g/mol. The van der Waals surface area contributed by atoms with E-state index >= 15 is 0 Å². The Morgan fingerprint density at radius 3 is 2.42 bits per heavy atom. The third-order valence-corrected chi connectivity index (χ3v) is 3.44. The lowest BCUT2D eigenvalue weighted by Crippen LogP contribution is -2.13. The summed E-state index contributed by atoms with van der Waals surface area (Å²) in [5.41, 5.74) is 3.44. The van der Waals surface area contributed by atoms with E-state index in [0.717, 1.165) is 5.69 Å². The number of amides is 1. The first-order valence-electron chi connectivity index (χ1n) is 6.95. The molecule has 1 N–H and O–H groups in total. The molecule has 0 radical (unpaired) electrons. The van der Waals surface area contributed by atoms with Crippen LogP contribution >= 0.6 is 11.6 Å². The summed E-state index contributed by atoms with van der Waals surface area (Å²) in [5.74, 6) is 1.46. The summed E-state index contributed by atoms with van der Waals surface area (Å²) in [5, 5.41) is 3.00. The van der Waals surface area contributed by atoms with Crippen molar-refractivity contribution in [3.8, 4) is 0 Å². The monoisotopic (exact) mass is 281 g/mol. The number of benzene rings is 1. The van der Waals surface area contributed by atoms with Crippen molar-refractivity contribution in [2.75, 3.05) is 11.2 Å². The molecule has 2 nitrogen and oxygen atoms in total. The molecule has 0 bridgehead atoms. The maximum absolute atomic E-state index is 11.8. The lowest BCUT2D eigenvalue weighted by Gasteiger charge is -2.17. The summed E-state index contributed by atoms with van der Waals surface area (Å²) < 4.78 is 0. The van der Waals surface area contributed by atoms with Crippen LogP contribution in [0.2, 0.25) is 0 Å². The molecule has 3 heteroatoms. The van der Waals surface area contributed by atoms with Gasteiger partial charge in [0.25, 0.3) is 0 Å². The molecule has 19 heavy (non-hydrogen) atoms. The molecule has 0 unspecified atom stereocenters. The van der Waals surface area contributed by atoms with Gasteiger partial charge in [-0.25, -0.2) is 0 Å². The van der Waals surface area contributed by atoms with Gasteiger partial charge in [-0.15, -0.1) is 11.6 Å². The van der Waals surface area contributed by atoms with Gasteiger partial charge in [0.2, 0.25) is 5.91 Å². The quantitative estimate of drug-likeness (QED) is 0.739. The third kappa shape index (κ3) is 4.87. The molecular formula is C16H24ClNO. The lowest BCUT2D eigenvalue weighted by atomic mass is 9.94. The average molecular weight is 282 g/mol. The molecule has 0 spiro atoms. The number of carbonyl (C=O) groups is 1. The number of rotatable bonds is 6. The highest BCUT2D eigenvalue weighted by molar-refractivity contribution is 6.18. The maximum Gasteiger partial charge on any atom is 0.224 e. The Morgan fingerprint density at radius 2 is 1.89 bits per heavy atom. The molecule has 1 aromatic rings. The van der Waals surface area contributed by atoms with E-state index in [4.69, 9.17) is 11.6 Å². The number of hydrogen-bond acceptors (Lipinski definition) is 1. The Hall–Kier alpha value is -1.02. The van der Waals surface area contributed by atoms with E-state index in [2.05, 4.69) is 45.1 Å². The summed E-state index contributed by atoms with van der Waals surface area (Å²) in [6.45, 7) is 8.65. The van der Waals surface area contributed by atoms with Gasteiger partial charge >= 0.3 is 0 Å². The van der Waals surface area contributed by atoms with Crippen LogP contribution in [0.25, 0.3) is 0 Å². The Labute approximate surface area is 121 Å². The first-order chi connectivity index (χ1) is 8.95. The highest BCUT2D eigenvalue weighted by atomic mass is 35.5. The molecule has 0 fully saturated rings. The Balaban J connectivity index is 2.91. The minimum atomic E-state index is 0.0415. The van der Waals surface area contributed by atoms with Crippen molar-refractivity contribution in [2.24, 2.45) is 0 Å². The summed E-state index contributed by atoms with van der Waals surface area (Å²) in [6, 6.07) is 6.31. The first kappa shape index (κ1) is 16.0. The van der Waals surface area contributed by atoms with E-state index in [0.29, 0.717) is 30.6 Å². The van der Waals surface area contributed by atoms with Crippen LogP contribution in [-0.4, -0.2) is 11.8 Å². The number of halogens is 1. The van der Waals surface area contributed by atoms with E-state index in [1.807, 2.05) is 6.07 Å². The molecule has 0 saturated carbocycles. The van der Waals surface area contributed by atoms with E-state index in [1.54, 1.807) is 0 Å². The average Bonchev–Trinajstić information content (AvgIpc) is 2.36. The summed E-state index contributed by atoms with van der Waals surface area (Å²) in [6.07, 6.45) is 1.20. The molecule has 0 aliphatic carbocycles. The highest BCUT2D eigenvalue weighted by Crippen LogP contribution is 2.28. The third-order valence-electron chi connectivity index (χ3n) is 3.18. The van der Waals surface area contributed by atoms with Gasteiger partial charge in [0, 0.05) is 18.0 Å². The number of alkyl halides is 1. The fourth-order valence-corrected chi connectivity index (χ4v) is 2.11. The molecule has 0 saturated heterocycles. The van der Waals surface area contributed by atoms with Gasteiger partial charge in [-0.1, -0.05) is 39.8 Å². The van der Waals surface area contributed by atoms with Crippen molar-refractivity contribution in [3.05, 3.63) is 29.3 Å². The van der Waals surface area contributed by atoms with Crippen LogP contribution in [0.3, 0.4) is 0 Å². The van der Waals surface area contributed by atoms with Gasteiger partial charge < -0.3 is 5.32 Å². The molecule has 0 aliphatic rings. The van der Waals surface area contributed by atoms with E-state index in [-0.39, 0.29) is 5.91 Å². The van der Waals surface area contributed by atoms with Gasteiger partial charge in [0.05, 0.1) is 0 Å². The first-order valence-corrected chi connectivity index (χ1v) is 7.48. The van der Waals surface area contributed by atoms with Crippen LogP contribution in [0.4, 0.5) is 5.69 Å². The predicted octanol–water partition coefficient (Wildman–Crippen LogP) is 4.89. The molecule has 0 aliphatic heterocycles. The zero-order valence-electron chi connectivity index (χ0n) is 12.3. The van der Waals surface area contributed by atoms with Gasteiger partial charge in [-0.05, 0) is 35.4 Å². The molecule has 1 rings (SSSR count). The fraction of sp³-hybridized carbons (Fsp3) is 0.562. The van der Waals surface area contributed by atoms with E-state index in [9.17, 15) is 4.79 Å². The van der Waals surface area contributed by atoms with Crippen molar-refractivity contribution in [1.29, 1.82) is 0 Å². The van der Waals surface area contributed by atoms with Gasteiger partial charge in [-0.3, -0.25) is 4.79 Å². The normalized spacial score (nSPS) is 11.1. The number of carbonyl (C=O) groups excluding carboxylic acids is 1. The molecule has 0 heterocycles. The number of hydrogen-bond donors (Lipinski definition) is 1. The molecule has 0 aromatic heterocycles. The van der Waals surface area contributed by atoms with Gasteiger partial charge in [0.1, 0.15) is 0 Å². The van der Waals surface area contributed by atoms with Crippen LogP contribution in [0.5, 0.6) is 0 Å². The van der Waals surface area contributed by atoms with Crippen molar-refractivity contribution in [1.82, 2.24) is 0 Å². The van der Waals surface area contributed by atoms with Crippen molar-refractivity contribution < 1.29 is 4.79 Å². The lowest BCUT2D eigenvalue weighted by molar-refractivity contribution is -0.116. The topological polar surface area (TPSA) is 29.1 Å². The van der Waals surface area contributed by atoms with E-state index in [1.165, 1.54) is 11.1 Å². The van der Waals surface area contributed by atoms with Crippen molar-refractivity contribution in [2.45, 2.75) is 52.4 Å². The number of anilines is 1.